The van der Waals surface area contributed by atoms with E-state index < -0.39 is 11.9 Å². The van der Waals surface area contributed by atoms with E-state index >= 15 is 0 Å². The van der Waals surface area contributed by atoms with Crippen molar-refractivity contribution in [1.82, 2.24) is 0 Å². The molecular formula is C15H21AlO5. The quantitative estimate of drug-likeness (QED) is 0.312. The SMILES string of the molecule is CCC(C(=O)[O-])C(=O)c1ccccc1.CC[O][Al+][O]CC. The van der Waals surface area contributed by atoms with Crippen LogP contribution in [0.4, 0.5) is 0 Å². The number of hydrogen-bond donors (Lipinski definition) is 0. The molecule has 5 nitrogen and oxygen atoms in total. The number of carbonyl (C=O) groups is 2. The van der Waals surface area contributed by atoms with E-state index in [0.29, 0.717) is 5.56 Å². The molecule has 6 heteroatoms. The van der Waals surface area contributed by atoms with E-state index in [9.17, 15) is 14.7 Å². The normalized spacial score (nSPS) is 10.8. The fraction of sp³-hybridized carbons (Fsp3) is 0.467. The van der Waals surface area contributed by atoms with Crippen LogP contribution < -0.4 is 5.11 Å². The third-order valence-electron chi connectivity index (χ3n) is 2.54. The van der Waals surface area contributed by atoms with Crippen LogP contribution >= 0.6 is 0 Å². The molecule has 0 saturated heterocycles. The second-order valence-electron chi connectivity index (χ2n) is 4.02. The Morgan fingerprint density at radius 3 is 2.00 bits per heavy atom. The Balaban J connectivity index is 0.000000486. The van der Waals surface area contributed by atoms with Gasteiger partial charge in [0.25, 0.3) is 0 Å². The number of ketones is 1. The standard InChI is InChI=1S/C11H12O3.2C2H5O.Al/c1-2-9(11(13)14)10(12)8-6-4-3-5-7-8;2*1-2-3;/h3-7,9H,2H2,1H3,(H,13,14);2*2H2,1H3;/q;2*-1;+3/p-1. The van der Waals surface area contributed by atoms with E-state index in [1.165, 1.54) is 0 Å². The van der Waals surface area contributed by atoms with Crippen LogP contribution in [-0.2, 0) is 12.4 Å². The molecule has 0 aliphatic heterocycles. The minimum absolute atomic E-state index is 0.178. The first-order valence-corrected chi connectivity index (χ1v) is 7.87. The second-order valence-corrected chi connectivity index (χ2v) is 4.88. The molecule has 0 aliphatic carbocycles. The molecule has 1 aromatic carbocycles. The molecule has 0 spiro atoms. The van der Waals surface area contributed by atoms with Crippen molar-refractivity contribution in [3.05, 3.63) is 35.9 Å². The summed E-state index contributed by atoms with van der Waals surface area (Å²) in [7, 11) is 0. The summed E-state index contributed by atoms with van der Waals surface area (Å²) >= 11 is -0.178. The van der Waals surface area contributed by atoms with Gasteiger partial charge in [0.1, 0.15) is 0 Å². The molecule has 0 aliphatic rings. The van der Waals surface area contributed by atoms with Crippen LogP contribution in [0.25, 0.3) is 0 Å². The number of carboxylic acid groups (broad SMARTS) is 1. The van der Waals surface area contributed by atoms with Gasteiger partial charge < -0.3 is 9.90 Å². The average molecular weight is 308 g/mol. The Labute approximate surface area is 132 Å². The molecule has 1 unspecified atom stereocenters. The monoisotopic (exact) mass is 308 g/mol. The Hall–Kier alpha value is -1.19. The molecule has 0 saturated carbocycles. The number of aliphatic carboxylic acids is 1. The molecule has 0 bridgehead atoms. The Morgan fingerprint density at radius 2 is 1.62 bits per heavy atom. The zero-order valence-corrected chi connectivity index (χ0v) is 13.9. The van der Waals surface area contributed by atoms with Gasteiger partial charge in [-0.2, -0.15) is 0 Å². The molecule has 0 heterocycles. The number of benzene rings is 1. The molecular weight excluding hydrogens is 287 g/mol. The zero-order valence-electron chi connectivity index (χ0n) is 12.7. The number of rotatable bonds is 8. The van der Waals surface area contributed by atoms with Crippen LogP contribution in [-0.4, -0.2) is 40.9 Å². The van der Waals surface area contributed by atoms with Crippen molar-refractivity contribution in [1.29, 1.82) is 0 Å². The molecule has 0 radical (unpaired) electrons. The van der Waals surface area contributed by atoms with Gasteiger partial charge in [-0.3, -0.25) is 4.79 Å². The molecule has 0 aromatic heterocycles. The van der Waals surface area contributed by atoms with Gasteiger partial charge in [0.15, 0.2) is 5.78 Å². The summed E-state index contributed by atoms with van der Waals surface area (Å²) in [6, 6.07) is 8.39. The van der Waals surface area contributed by atoms with Gasteiger partial charge in [-0.25, -0.2) is 0 Å². The van der Waals surface area contributed by atoms with Crippen molar-refractivity contribution in [2.45, 2.75) is 27.2 Å². The van der Waals surface area contributed by atoms with Gasteiger partial charge in [0.2, 0.25) is 0 Å². The van der Waals surface area contributed by atoms with Crippen molar-refractivity contribution in [2.24, 2.45) is 5.92 Å². The van der Waals surface area contributed by atoms with Crippen LogP contribution in [0.15, 0.2) is 30.3 Å². The zero-order chi connectivity index (χ0) is 16.1. The maximum absolute atomic E-state index is 11.6. The van der Waals surface area contributed by atoms with Gasteiger partial charge in [-0.15, -0.1) is 0 Å². The van der Waals surface area contributed by atoms with Crippen molar-refractivity contribution in [2.75, 3.05) is 13.2 Å². The van der Waals surface area contributed by atoms with Gasteiger partial charge in [-0.05, 0) is 6.42 Å². The summed E-state index contributed by atoms with van der Waals surface area (Å²) in [4.78, 5) is 22.2. The van der Waals surface area contributed by atoms with Crippen molar-refractivity contribution in [3.8, 4) is 0 Å². The van der Waals surface area contributed by atoms with Gasteiger partial charge >= 0.3 is 50.5 Å². The molecule has 0 amide bonds. The number of carboxylic acids is 1. The number of hydrogen-bond acceptors (Lipinski definition) is 5. The molecule has 1 aromatic rings. The minimum atomic E-state index is -1.30. The topological polar surface area (TPSA) is 75.7 Å². The van der Waals surface area contributed by atoms with E-state index in [1.54, 1.807) is 37.3 Å². The van der Waals surface area contributed by atoms with Gasteiger partial charge in [0.05, 0.1) is 11.9 Å². The Bertz CT molecular complexity index is 404. The van der Waals surface area contributed by atoms with E-state index in [0.717, 1.165) is 13.2 Å². The van der Waals surface area contributed by atoms with Crippen LogP contribution in [0, 0.1) is 5.92 Å². The Kier molecular flexibility index (Phi) is 11.8. The van der Waals surface area contributed by atoms with E-state index in [2.05, 4.69) is 0 Å². The second kappa shape index (κ2) is 12.5. The average Bonchev–Trinajstić information content (AvgIpc) is 2.49. The first-order valence-electron chi connectivity index (χ1n) is 6.93. The van der Waals surface area contributed by atoms with Crippen molar-refractivity contribution >= 4 is 27.6 Å². The summed E-state index contributed by atoms with van der Waals surface area (Å²) in [5, 5.41) is 10.6. The summed E-state index contributed by atoms with van der Waals surface area (Å²) in [5.41, 5.74) is 0.420. The predicted molar refractivity (Wildman–Crippen MR) is 78.6 cm³/mol. The van der Waals surface area contributed by atoms with Gasteiger partial charge in [0, 0.05) is 5.56 Å². The molecule has 21 heavy (non-hydrogen) atoms. The predicted octanol–water partition coefficient (Wildman–Crippen LogP) is 1.24. The van der Waals surface area contributed by atoms with E-state index in [1.807, 2.05) is 13.8 Å². The fourth-order valence-corrected chi connectivity index (χ4v) is 1.82. The van der Waals surface area contributed by atoms with Crippen LogP contribution in [0.1, 0.15) is 37.6 Å². The molecule has 1 atom stereocenters. The summed E-state index contributed by atoms with van der Waals surface area (Å²) in [6.07, 6.45) is 0.260. The summed E-state index contributed by atoms with van der Waals surface area (Å²) in [5.74, 6) is -2.72. The van der Waals surface area contributed by atoms with E-state index in [-0.39, 0.29) is 28.1 Å². The fourth-order valence-electron chi connectivity index (χ4n) is 1.45. The number of Topliss-reactive ketones (excluding diaryl/α,β-unsaturated/α-hetero) is 1. The third kappa shape index (κ3) is 8.64. The molecule has 0 fully saturated rings. The summed E-state index contributed by atoms with van der Waals surface area (Å²) < 4.78 is 9.87. The molecule has 0 N–H and O–H groups in total. The maximum atomic E-state index is 11.6. The van der Waals surface area contributed by atoms with Crippen molar-refractivity contribution in [3.63, 3.8) is 0 Å². The van der Waals surface area contributed by atoms with Crippen molar-refractivity contribution < 1.29 is 22.3 Å². The number of carbonyl (C=O) groups excluding carboxylic acids is 2. The molecule has 114 valence electrons. The third-order valence-corrected chi connectivity index (χ3v) is 3.48. The van der Waals surface area contributed by atoms with Crippen LogP contribution in [0.2, 0.25) is 0 Å². The summed E-state index contributed by atoms with van der Waals surface area (Å²) in [6.45, 7) is 7.13. The molecule has 1 rings (SSSR count). The van der Waals surface area contributed by atoms with Gasteiger partial charge in [-0.1, -0.05) is 37.3 Å². The van der Waals surface area contributed by atoms with Crippen LogP contribution in [0.5, 0.6) is 0 Å². The van der Waals surface area contributed by atoms with Crippen LogP contribution in [0.3, 0.4) is 0 Å². The first-order chi connectivity index (χ1) is 10.1. The van der Waals surface area contributed by atoms with E-state index in [4.69, 9.17) is 7.58 Å². The Morgan fingerprint density at radius 1 is 1.10 bits per heavy atom. The first kappa shape index (κ1) is 19.8.